The molecule has 17 heavy (non-hydrogen) atoms. The molecule has 0 bridgehead atoms. The molecule has 2 aliphatic rings. The quantitative estimate of drug-likeness (QED) is 0.791. The Labute approximate surface area is 105 Å². The van der Waals surface area contributed by atoms with E-state index in [1.165, 1.54) is 6.42 Å². The second-order valence-corrected chi connectivity index (χ2v) is 8.12. The molecule has 5 heteroatoms. The van der Waals surface area contributed by atoms with Gasteiger partial charge in [-0.2, -0.15) is 0 Å². The zero-order valence-corrected chi connectivity index (χ0v) is 11.9. The standard InChI is InChI=1S/C12H24N2O2S/c1-12(2)11(13-3)5-4-7-14(12)10-6-8-17(15,16)9-10/h10-11,13H,4-9H2,1-3H3. The Morgan fingerprint density at radius 1 is 1.29 bits per heavy atom. The van der Waals surface area contributed by atoms with Gasteiger partial charge in [0, 0.05) is 17.6 Å². The van der Waals surface area contributed by atoms with Crippen LogP contribution in [0.15, 0.2) is 0 Å². The van der Waals surface area contributed by atoms with Gasteiger partial charge < -0.3 is 5.32 Å². The molecule has 2 rings (SSSR count). The topological polar surface area (TPSA) is 49.4 Å². The summed E-state index contributed by atoms with van der Waals surface area (Å²) in [5.74, 6) is 0.724. The van der Waals surface area contributed by atoms with Crippen molar-refractivity contribution in [1.29, 1.82) is 0 Å². The first-order valence-corrected chi connectivity index (χ1v) is 8.33. The summed E-state index contributed by atoms with van der Waals surface area (Å²) in [4.78, 5) is 2.42. The molecule has 2 heterocycles. The third kappa shape index (κ3) is 2.51. The minimum absolute atomic E-state index is 0.0531. The summed E-state index contributed by atoms with van der Waals surface area (Å²) in [6.45, 7) is 5.50. The molecule has 0 amide bonds. The molecular weight excluding hydrogens is 236 g/mol. The molecule has 2 atom stereocenters. The summed E-state index contributed by atoms with van der Waals surface area (Å²) in [7, 11) is -0.780. The summed E-state index contributed by atoms with van der Waals surface area (Å²) >= 11 is 0. The predicted octanol–water partition coefficient (Wildman–Crippen LogP) is 0.636. The predicted molar refractivity (Wildman–Crippen MR) is 69.9 cm³/mol. The number of likely N-dealkylation sites (tertiary alicyclic amines) is 1. The number of nitrogens with one attached hydrogen (secondary N) is 1. The van der Waals surface area contributed by atoms with Crippen LogP contribution in [0.3, 0.4) is 0 Å². The van der Waals surface area contributed by atoms with E-state index in [9.17, 15) is 8.42 Å². The Morgan fingerprint density at radius 3 is 2.53 bits per heavy atom. The molecule has 0 aliphatic carbocycles. The Morgan fingerprint density at radius 2 is 2.00 bits per heavy atom. The number of piperidine rings is 1. The summed E-state index contributed by atoms with van der Waals surface area (Å²) in [6, 6.07) is 0.686. The van der Waals surface area contributed by atoms with E-state index >= 15 is 0 Å². The van der Waals surface area contributed by atoms with Crippen molar-refractivity contribution in [3.05, 3.63) is 0 Å². The van der Waals surface area contributed by atoms with Gasteiger partial charge in [-0.3, -0.25) is 4.90 Å². The van der Waals surface area contributed by atoms with Crippen LogP contribution in [-0.2, 0) is 9.84 Å². The molecule has 2 fully saturated rings. The first-order chi connectivity index (χ1) is 7.87. The van der Waals surface area contributed by atoms with Crippen LogP contribution < -0.4 is 5.32 Å². The normalized spacial score (nSPS) is 37.1. The number of nitrogens with zero attached hydrogens (tertiary/aromatic N) is 1. The van der Waals surface area contributed by atoms with Crippen molar-refractivity contribution in [3.8, 4) is 0 Å². The van der Waals surface area contributed by atoms with Gasteiger partial charge >= 0.3 is 0 Å². The van der Waals surface area contributed by atoms with Crippen LogP contribution in [0.4, 0.5) is 0 Å². The van der Waals surface area contributed by atoms with Crippen molar-refractivity contribution in [2.45, 2.75) is 50.7 Å². The molecule has 4 nitrogen and oxygen atoms in total. The molecule has 0 aromatic carbocycles. The molecular formula is C12H24N2O2S. The minimum Gasteiger partial charge on any atom is -0.315 e. The van der Waals surface area contributed by atoms with Gasteiger partial charge in [0.2, 0.25) is 0 Å². The van der Waals surface area contributed by atoms with Gasteiger partial charge in [0.15, 0.2) is 9.84 Å². The molecule has 0 aromatic rings. The van der Waals surface area contributed by atoms with E-state index in [1.807, 2.05) is 7.05 Å². The monoisotopic (exact) mass is 260 g/mol. The molecule has 100 valence electrons. The molecule has 0 aromatic heterocycles. The van der Waals surface area contributed by atoms with Crippen molar-refractivity contribution in [2.75, 3.05) is 25.1 Å². The fourth-order valence-corrected chi connectivity index (χ4v) is 5.21. The summed E-state index contributed by atoms with van der Waals surface area (Å²) in [5.41, 5.74) is 0.0531. The Kier molecular flexibility index (Phi) is 3.54. The zero-order valence-electron chi connectivity index (χ0n) is 11.1. The average Bonchev–Trinajstić information content (AvgIpc) is 2.57. The van der Waals surface area contributed by atoms with Crippen LogP contribution in [0.1, 0.15) is 33.1 Å². The largest absolute Gasteiger partial charge is 0.315 e. The van der Waals surface area contributed by atoms with Crippen molar-refractivity contribution < 1.29 is 8.42 Å². The lowest BCUT2D eigenvalue weighted by atomic mass is 9.83. The van der Waals surface area contributed by atoms with Gasteiger partial charge in [-0.1, -0.05) is 0 Å². The zero-order chi connectivity index (χ0) is 12.7. The third-order valence-electron chi connectivity index (χ3n) is 4.48. The molecule has 2 unspecified atom stereocenters. The lowest BCUT2D eigenvalue weighted by Crippen LogP contribution is -2.63. The summed E-state index contributed by atoms with van der Waals surface area (Å²) < 4.78 is 23.2. The highest BCUT2D eigenvalue weighted by Crippen LogP contribution is 2.33. The Balaban J connectivity index is 2.15. The van der Waals surface area contributed by atoms with Gasteiger partial charge in [-0.05, 0) is 46.7 Å². The number of hydrogen-bond acceptors (Lipinski definition) is 4. The highest BCUT2D eigenvalue weighted by atomic mass is 32.2. The first kappa shape index (κ1) is 13.3. The number of sulfone groups is 1. The highest BCUT2D eigenvalue weighted by molar-refractivity contribution is 7.91. The summed E-state index contributed by atoms with van der Waals surface area (Å²) in [6.07, 6.45) is 3.15. The number of rotatable bonds is 2. The van der Waals surface area contributed by atoms with Gasteiger partial charge in [0.25, 0.3) is 0 Å². The van der Waals surface area contributed by atoms with Crippen LogP contribution >= 0.6 is 0 Å². The van der Waals surface area contributed by atoms with Crippen molar-refractivity contribution in [2.24, 2.45) is 0 Å². The first-order valence-electron chi connectivity index (χ1n) is 6.51. The fraction of sp³-hybridized carbons (Fsp3) is 1.00. The average molecular weight is 260 g/mol. The van der Waals surface area contributed by atoms with Crippen molar-refractivity contribution in [3.63, 3.8) is 0 Å². The van der Waals surface area contributed by atoms with Gasteiger partial charge in [0.05, 0.1) is 11.5 Å². The lowest BCUT2D eigenvalue weighted by molar-refractivity contribution is 0.0163. The molecule has 0 spiro atoms. The van der Waals surface area contributed by atoms with Gasteiger partial charge in [-0.15, -0.1) is 0 Å². The molecule has 0 saturated carbocycles. The van der Waals surface area contributed by atoms with Crippen LogP contribution in [-0.4, -0.2) is 56.0 Å². The fourth-order valence-electron chi connectivity index (χ4n) is 3.48. The maximum absolute atomic E-state index is 11.6. The maximum Gasteiger partial charge on any atom is 0.151 e. The van der Waals surface area contributed by atoms with E-state index in [0.29, 0.717) is 17.5 Å². The SMILES string of the molecule is CNC1CCCN(C2CCS(=O)(=O)C2)C1(C)C. The van der Waals surface area contributed by atoms with Crippen LogP contribution in [0.25, 0.3) is 0 Å². The Bertz CT molecular complexity index is 378. The van der Waals surface area contributed by atoms with E-state index in [-0.39, 0.29) is 11.6 Å². The molecule has 0 radical (unpaired) electrons. The molecule has 2 aliphatic heterocycles. The Hall–Kier alpha value is -0.130. The molecule has 1 N–H and O–H groups in total. The second-order valence-electron chi connectivity index (χ2n) is 5.89. The number of hydrogen-bond donors (Lipinski definition) is 1. The van der Waals surface area contributed by atoms with Crippen LogP contribution in [0, 0.1) is 0 Å². The van der Waals surface area contributed by atoms with Crippen LogP contribution in [0.5, 0.6) is 0 Å². The van der Waals surface area contributed by atoms with E-state index in [4.69, 9.17) is 0 Å². The van der Waals surface area contributed by atoms with Crippen LogP contribution in [0.2, 0.25) is 0 Å². The van der Waals surface area contributed by atoms with E-state index in [0.717, 1.165) is 19.4 Å². The summed E-state index contributed by atoms with van der Waals surface area (Å²) in [5, 5.41) is 3.38. The van der Waals surface area contributed by atoms with E-state index < -0.39 is 9.84 Å². The van der Waals surface area contributed by atoms with E-state index in [1.54, 1.807) is 0 Å². The highest BCUT2D eigenvalue weighted by Gasteiger charge is 2.44. The van der Waals surface area contributed by atoms with Gasteiger partial charge in [-0.25, -0.2) is 8.42 Å². The lowest BCUT2D eigenvalue weighted by Gasteiger charge is -2.50. The van der Waals surface area contributed by atoms with E-state index in [2.05, 4.69) is 24.1 Å². The molecule has 2 saturated heterocycles. The minimum atomic E-state index is -2.78. The maximum atomic E-state index is 11.6. The van der Waals surface area contributed by atoms with Gasteiger partial charge in [0.1, 0.15) is 0 Å². The van der Waals surface area contributed by atoms with Crippen molar-refractivity contribution >= 4 is 9.84 Å². The smallest absolute Gasteiger partial charge is 0.151 e. The van der Waals surface area contributed by atoms with Crippen molar-refractivity contribution in [1.82, 2.24) is 10.2 Å². The second kappa shape index (κ2) is 4.52. The number of likely N-dealkylation sites (N-methyl/N-ethyl adjacent to an activating group) is 1. The third-order valence-corrected chi connectivity index (χ3v) is 6.23.